The van der Waals surface area contributed by atoms with Crippen molar-refractivity contribution in [2.24, 2.45) is 28.1 Å². The first-order valence-corrected chi connectivity index (χ1v) is 9.49. The number of aliphatic hydroxyl groups excluding tert-OH is 2. The summed E-state index contributed by atoms with van der Waals surface area (Å²) in [5, 5.41) is 21.7. The molecule has 4 rings (SSSR count). The van der Waals surface area contributed by atoms with E-state index >= 15 is 0 Å². The Bertz CT molecular complexity index is 690. The van der Waals surface area contributed by atoms with E-state index < -0.39 is 17.6 Å². The molecule has 0 radical (unpaired) electrons. The largest absolute Gasteiger partial charge is 0.458 e. The van der Waals surface area contributed by atoms with Gasteiger partial charge in [-0.1, -0.05) is 39.3 Å². The van der Waals surface area contributed by atoms with Crippen molar-refractivity contribution in [3.05, 3.63) is 23.3 Å². The molecule has 4 heteroatoms. The molecular formula is C21H30O4. The molecule has 25 heavy (non-hydrogen) atoms. The van der Waals surface area contributed by atoms with E-state index in [2.05, 4.69) is 40.7 Å². The highest BCUT2D eigenvalue weighted by Gasteiger charge is 2.68. The van der Waals surface area contributed by atoms with Crippen LogP contribution in [0.4, 0.5) is 0 Å². The van der Waals surface area contributed by atoms with E-state index in [4.69, 9.17) is 4.74 Å². The highest BCUT2D eigenvalue weighted by Crippen LogP contribution is 2.69. The van der Waals surface area contributed by atoms with Crippen LogP contribution in [0.3, 0.4) is 0 Å². The summed E-state index contributed by atoms with van der Waals surface area (Å²) in [5.41, 5.74) is 1.39. The number of hydrogen-bond donors (Lipinski definition) is 2. The van der Waals surface area contributed by atoms with Crippen LogP contribution in [0.1, 0.15) is 53.9 Å². The third-order valence-corrected chi connectivity index (χ3v) is 8.21. The number of carbonyl (C=O) groups is 1. The zero-order valence-corrected chi connectivity index (χ0v) is 15.9. The minimum absolute atomic E-state index is 0.112. The molecule has 0 amide bonds. The van der Waals surface area contributed by atoms with Crippen molar-refractivity contribution < 1.29 is 19.7 Å². The van der Waals surface area contributed by atoms with E-state index in [9.17, 15) is 15.0 Å². The van der Waals surface area contributed by atoms with Gasteiger partial charge in [-0.3, -0.25) is 0 Å². The van der Waals surface area contributed by atoms with Gasteiger partial charge in [-0.15, -0.1) is 0 Å². The maximum Gasteiger partial charge on any atom is 0.331 e. The second-order valence-electron chi connectivity index (χ2n) is 9.80. The van der Waals surface area contributed by atoms with Crippen LogP contribution in [0.5, 0.6) is 0 Å². The molecule has 0 aromatic heterocycles. The molecule has 2 saturated carbocycles. The van der Waals surface area contributed by atoms with Crippen LogP contribution in [-0.2, 0) is 9.53 Å². The monoisotopic (exact) mass is 346 g/mol. The Hall–Kier alpha value is -1.13. The van der Waals surface area contributed by atoms with Crippen molar-refractivity contribution in [1.82, 2.24) is 0 Å². The summed E-state index contributed by atoms with van der Waals surface area (Å²) in [4.78, 5) is 12.2. The van der Waals surface area contributed by atoms with Crippen LogP contribution >= 0.6 is 0 Å². The van der Waals surface area contributed by atoms with Gasteiger partial charge in [-0.05, 0) is 49.0 Å². The SMILES string of the molecule is CC1=CCC2C3(C)C1=CC(=O)OC3CC1C(C)(C)CC(O)C(O)C12C. The maximum atomic E-state index is 12.2. The number of carbonyl (C=O) groups excluding carboxylic acids is 1. The Morgan fingerprint density at radius 2 is 1.84 bits per heavy atom. The van der Waals surface area contributed by atoms with Gasteiger partial charge < -0.3 is 14.9 Å². The van der Waals surface area contributed by atoms with Crippen LogP contribution in [0.25, 0.3) is 0 Å². The summed E-state index contributed by atoms with van der Waals surface area (Å²) in [5.74, 6) is 0.0835. The number of allylic oxidation sites excluding steroid dienone is 2. The maximum absolute atomic E-state index is 12.2. The summed E-state index contributed by atoms with van der Waals surface area (Å²) in [6.07, 6.45) is 4.40. The van der Waals surface area contributed by atoms with Crippen LogP contribution in [0.2, 0.25) is 0 Å². The molecule has 7 atom stereocenters. The van der Waals surface area contributed by atoms with Gasteiger partial charge in [-0.2, -0.15) is 0 Å². The third-order valence-electron chi connectivity index (χ3n) is 8.21. The summed E-state index contributed by atoms with van der Waals surface area (Å²) in [6, 6.07) is 0. The Kier molecular flexibility index (Phi) is 3.44. The van der Waals surface area contributed by atoms with E-state index in [0.717, 1.165) is 24.0 Å². The number of esters is 1. The molecule has 4 nitrogen and oxygen atoms in total. The molecule has 7 unspecified atom stereocenters. The third kappa shape index (κ3) is 1.98. The van der Waals surface area contributed by atoms with Crippen molar-refractivity contribution in [3.8, 4) is 0 Å². The molecule has 2 N–H and O–H groups in total. The quantitative estimate of drug-likeness (QED) is 0.662. The van der Waals surface area contributed by atoms with Gasteiger partial charge in [0.2, 0.25) is 0 Å². The van der Waals surface area contributed by atoms with Crippen molar-refractivity contribution in [3.63, 3.8) is 0 Å². The molecule has 138 valence electrons. The van der Waals surface area contributed by atoms with Crippen LogP contribution in [-0.4, -0.2) is 34.5 Å². The molecular weight excluding hydrogens is 316 g/mol. The minimum atomic E-state index is -0.751. The predicted octanol–water partition coefficient (Wildman–Crippen LogP) is 2.99. The van der Waals surface area contributed by atoms with Gasteiger partial charge in [0, 0.05) is 16.9 Å². The molecule has 1 heterocycles. The average molecular weight is 346 g/mol. The first kappa shape index (κ1) is 17.3. The standard InChI is InChI=1S/C21H30O4/c1-11-6-7-14-20(4)12(11)8-17(23)25-16(20)9-15-19(2,3)10-13(22)18(24)21(14,15)5/h6,8,13-16,18,22,24H,7,9-10H2,1-5H3. The summed E-state index contributed by atoms with van der Waals surface area (Å²) in [7, 11) is 0. The lowest BCUT2D eigenvalue weighted by Crippen LogP contribution is -2.69. The fourth-order valence-electron chi connectivity index (χ4n) is 7.03. The smallest absolute Gasteiger partial charge is 0.331 e. The average Bonchev–Trinajstić information content (AvgIpc) is 2.50. The normalized spacial score (nSPS) is 50.8. The lowest BCUT2D eigenvalue weighted by molar-refractivity contribution is -0.248. The Balaban J connectivity index is 1.93. The molecule has 0 aromatic rings. The van der Waals surface area contributed by atoms with Crippen LogP contribution < -0.4 is 0 Å². The van der Waals surface area contributed by atoms with E-state index in [-0.39, 0.29) is 34.7 Å². The van der Waals surface area contributed by atoms with Crippen LogP contribution in [0, 0.1) is 28.1 Å². The minimum Gasteiger partial charge on any atom is -0.458 e. The summed E-state index contributed by atoms with van der Waals surface area (Å²) >= 11 is 0. The molecule has 0 bridgehead atoms. The first-order valence-electron chi connectivity index (χ1n) is 9.49. The van der Waals surface area contributed by atoms with E-state index in [1.807, 2.05) is 0 Å². The fraction of sp³-hybridized carbons (Fsp3) is 0.762. The molecule has 0 aromatic carbocycles. The first-order chi connectivity index (χ1) is 11.5. The van der Waals surface area contributed by atoms with Gasteiger partial charge in [0.15, 0.2) is 0 Å². The van der Waals surface area contributed by atoms with Gasteiger partial charge in [0.25, 0.3) is 0 Å². The van der Waals surface area contributed by atoms with Crippen molar-refractivity contribution in [1.29, 1.82) is 0 Å². The second-order valence-corrected chi connectivity index (χ2v) is 9.80. The fourth-order valence-corrected chi connectivity index (χ4v) is 7.03. The molecule has 2 fully saturated rings. The number of aliphatic hydroxyl groups is 2. The predicted molar refractivity (Wildman–Crippen MR) is 94.6 cm³/mol. The van der Waals surface area contributed by atoms with Crippen molar-refractivity contribution in [2.45, 2.75) is 72.2 Å². The molecule has 3 aliphatic carbocycles. The van der Waals surface area contributed by atoms with Gasteiger partial charge in [-0.25, -0.2) is 4.79 Å². The molecule has 1 aliphatic heterocycles. The molecule has 4 aliphatic rings. The second kappa shape index (κ2) is 4.98. The Morgan fingerprint density at radius 3 is 2.52 bits per heavy atom. The van der Waals surface area contributed by atoms with E-state index in [0.29, 0.717) is 6.42 Å². The number of ether oxygens (including phenoxy) is 1. The zero-order valence-electron chi connectivity index (χ0n) is 15.9. The van der Waals surface area contributed by atoms with Gasteiger partial charge in [0.05, 0.1) is 12.2 Å². The van der Waals surface area contributed by atoms with Crippen molar-refractivity contribution in [2.75, 3.05) is 0 Å². The zero-order chi connectivity index (χ0) is 18.4. The number of fused-ring (bicyclic) bond motifs is 2. The lowest BCUT2D eigenvalue weighted by atomic mass is 9.38. The number of hydrogen-bond acceptors (Lipinski definition) is 4. The highest BCUT2D eigenvalue weighted by molar-refractivity contribution is 5.86. The van der Waals surface area contributed by atoms with E-state index in [1.54, 1.807) is 6.08 Å². The molecule has 0 saturated heterocycles. The topological polar surface area (TPSA) is 66.8 Å². The highest BCUT2D eigenvalue weighted by atomic mass is 16.5. The Morgan fingerprint density at radius 1 is 1.16 bits per heavy atom. The molecule has 0 spiro atoms. The number of rotatable bonds is 0. The van der Waals surface area contributed by atoms with Crippen molar-refractivity contribution >= 4 is 5.97 Å². The summed E-state index contributed by atoms with van der Waals surface area (Å²) < 4.78 is 5.84. The van der Waals surface area contributed by atoms with Gasteiger partial charge in [0.1, 0.15) is 6.10 Å². The lowest BCUT2D eigenvalue weighted by Gasteiger charge is -2.68. The van der Waals surface area contributed by atoms with Crippen LogP contribution in [0.15, 0.2) is 23.3 Å². The summed E-state index contributed by atoms with van der Waals surface area (Å²) in [6.45, 7) is 10.8. The van der Waals surface area contributed by atoms with E-state index in [1.165, 1.54) is 0 Å². The Labute approximate surface area is 149 Å². The van der Waals surface area contributed by atoms with Gasteiger partial charge >= 0.3 is 5.97 Å².